The molecule has 3 N–H and O–H groups in total. The molecular formula is C19H29Cl2N3O3. The van der Waals surface area contributed by atoms with E-state index in [4.69, 9.17) is 16.3 Å². The number of rotatable bonds is 8. The third kappa shape index (κ3) is 7.95. The molecule has 0 radical (unpaired) electrons. The zero-order valence-electron chi connectivity index (χ0n) is 15.8. The Labute approximate surface area is 172 Å². The van der Waals surface area contributed by atoms with Crippen LogP contribution in [0.3, 0.4) is 0 Å². The van der Waals surface area contributed by atoms with E-state index in [2.05, 4.69) is 22.9 Å². The van der Waals surface area contributed by atoms with Crippen LogP contribution in [0.25, 0.3) is 0 Å². The quantitative estimate of drug-likeness (QED) is 0.606. The molecule has 1 unspecified atom stereocenters. The number of hydrogen-bond acceptors (Lipinski definition) is 4. The van der Waals surface area contributed by atoms with Crippen LogP contribution in [0.15, 0.2) is 18.2 Å². The molecular weight excluding hydrogens is 389 g/mol. The number of ether oxygens (including phenoxy) is 1. The van der Waals surface area contributed by atoms with E-state index >= 15 is 0 Å². The number of piperidine rings is 1. The first-order valence-corrected chi connectivity index (χ1v) is 9.48. The van der Waals surface area contributed by atoms with Crippen molar-refractivity contribution in [2.24, 2.45) is 11.8 Å². The van der Waals surface area contributed by atoms with E-state index in [1.54, 1.807) is 18.2 Å². The van der Waals surface area contributed by atoms with Crippen LogP contribution in [-0.2, 0) is 9.59 Å². The van der Waals surface area contributed by atoms with Gasteiger partial charge in [0.2, 0.25) is 11.8 Å². The highest BCUT2D eigenvalue weighted by Gasteiger charge is 2.21. The smallest absolute Gasteiger partial charge is 0.226 e. The van der Waals surface area contributed by atoms with Crippen molar-refractivity contribution in [3.05, 3.63) is 23.2 Å². The summed E-state index contributed by atoms with van der Waals surface area (Å²) in [5.74, 6) is 1.31. The molecule has 0 spiro atoms. The summed E-state index contributed by atoms with van der Waals surface area (Å²) in [4.78, 5) is 24.2. The molecule has 0 aromatic heterocycles. The molecule has 27 heavy (non-hydrogen) atoms. The van der Waals surface area contributed by atoms with Gasteiger partial charge in [-0.3, -0.25) is 9.59 Å². The van der Waals surface area contributed by atoms with Gasteiger partial charge in [0.05, 0.1) is 12.8 Å². The zero-order valence-corrected chi connectivity index (χ0v) is 17.4. The van der Waals surface area contributed by atoms with Crippen LogP contribution >= 0.6 is 24.0 Å². The zero-order chi connectivity index (χ0) is 18.9. The van der Waals surface area contributed by atoms with Crippen molar-refractivity contribution < 1.29 is 14.3 Å². The van der Waals surface area contributed by atoms with E-state index < -0.39 is 0 Å². The third-order valence-electron chi connectivity index (χ3n) is 4.81. The van der Waals surface area contributed by atoms with Gasteiger partial charge in [-0.2, -0.15) is 0 Å². The van der Waals surface area contributed by atoms with Crippen molar-refractivity contribution in [1.29, 1.82) is 0 Å². The van der Waals surface area contributed by atoms with Crippen molar-refractivity contribution in [2.75, 3.05) is 32.1 Å². The Morgan fingerprint density at radius 2 is 2.00 bits per heavy atom. The van der Waals surface area contributed by atoms with Crippen molar-refractivity contribution in [3.63, 3.8) is 0 Å². The average Bonchev–Trinajstić information content (AvgIpc) is 2.62. The van der Waals surface area contributed by atoms with Gasteiger partial charge < -0.3 is 20.7 Å². The summed E-state index contributed by atoms with van der Waals surface area (Å²) in [5, 5.41) is 9.45. The van der Waals surface area contributed by atoms with E-state index in [-0.39, 0.29) is 30.6 Å². The van der Waals surface area contributed by atoms with Gasteiger partial charge in [-0.25, -0.2) is 0 Å². The van der Waals surface area contributed by atoms with Crippen LogP contribution in [-0.4, -0.2) is 38.6 Å². The monoisotopic (exact) mass is 417 g/mol. The normalized spacial score (nSPS) is 15.4. The van der Waals surface area contributed by atoms with Gasteiger partial charge in [-0.1, -0.05) is 18.5 Å². The molecule has 0 bridgehead atoms. The molecule has 1 saturated heterocycles. The predicted molar refractivity (Wildman–Crippen MR) is 111 cm³/mol. The molecule has 1 aromatic carbocycles. The van der Waals surface area contributed by atoms with Gasteiger partial charge in [0, 0.05) is 24.4 Å². The van der Waals surface area contributed by atoms with Gasteiger partial charge in [0.1, 0.15) is 5.75 Å². The Balaban J connectivity index is 0.00000364. The lowest BCUT2D eigenvalue weighted by molar-refractivity contribution is -0.122. The summed E-state index contributed by atoms with van der Waals surface area (Å²) in [5.41, 5.74) is 0.524. The van der Waals surface area contributed by atoms with E-state index in [0.717, 1.165) is 25.9 Å². The van der Waals surface area contributed by atoms with Gasteiger partial charge in [-0.15, -0.1) is 12.4 Å². The summed E-state index contributed by atoms with van der Waals surface area (Å²) >= 11 is 5.95. The number of carbonyl (C=O) groups excluding carboxylic acids is 2. The van der Waals surface area contributed by atoms with Crippen molar-refractivity contribution in [2.45, 2.75) is 32.6 Å². The molecule has 1 aliphatic heterocycles. The van der Waals surface area contributed by atoms with Gasteiger partial charge in [-0.05, 0) is 56.0 Å². The highest BCUT2D eigenvalue weighted by atomic mass is 35.5. The third-order valence-corrected chi connectivity index (χ3v) is 5.04. The van der Waals surface area contributed by atoms with E-state index in [1.165, 1.54) is 7.11 Å². The maximum absolute atomic E-state index is 12.1. The predicted octanol–water partition coefficient (Wildman–Crippen LogP) is 3.24. The Bertz CT molecular complexity index is 622. The molecule has 8 heteroatoms. The number of hydrogen-bond donors (Lipinski definition) is 3. The number of carbonyl (C=O) groups is 2. The number of amides is 2. The molecule has 152 valence electrons. The maximum atomic E-state index is 12.1. The Morgan fingerprint density at radius 1 is 1.30 bits per heavy atom. The number of nitrogens with one attached hydrogen (secondary N) is 3. The number of benzene rings is 1. The minimum Gasteiger partial charge on any atom is -0.495 e. The first-order chi connectivity index (χ1) is 12.5. The average molecular weight is 418 g/mol. The van der Waals surface area contributed by atoms with Crippen LogP contribution < -0.4 is 20.7 Å². The molecule has 6 nitrogen and oxygen atoms in total. The standard InChI is InChI=1S/C19H28ClN3O3.ClH/c1-13(14-5-8-21-9-6-14)11-19(25)22-10-7-18(24)23-16-12-15(20)3-4-17(16)26-2;/h3-4,12-14,21H,5-11H2,1-2H3,(H,22,25)(H,23,24);1H. The fourth-order valence-electron chi connectivity index (χ4n) is 3.25. The molecule has 0 aliphatic carbocycles. The molecule has 2 rings (SSSR count). The first kappa shape index (κ1) is 23.5. The number of halogens is 2. The fourth-order valence-corrected chi connectivity index (χ4v) is 3.42. The molecule has 1 atom stereocenters. The van der Waals surface area contributed by atoms with Crippen LogP contribution in [0.2, 0.25) is 5.02 Å². The van der Waals surface area contributed by atoms with E-state index in [1.807, 2.05) is 0 Å². The number of methoxy groups -OCH3 is 1. The van der Waals surface area contributed by atoms with E-state index in [0.29, 0.717) is 41.3 Å². The van der Waals surface area contributed by atoms with Crippen LogP contribution in [0, 0.1) is 11.8 Å². The Morgan fingerprint density at radius 3 is 2.67 bits per heavy atom. The Kier molecular flexibility index (Phi) is 10.5. The second-order valence-electron chi connectivity index (χ2n) is 6.76. The largest absolute Gasteiger partial charge is 0.495 e. The topological polar surface area (TPSA) is 79.5 Å². The highest BCUT2D eigenvalue weighted by Crippen LogP contribution is 2.27. The minimum absolute atomic E-state index is 0. The second-order valence-corrected chi connectivity index (χ2v) is 7.20. The summed E-state index contributed by atoms with van der Waals surface area (Å²) in [6, 6.07) is 5.03. The van der Waals surface area contributed by atoms with Crippen LogP contribution in [0.4, 0.5) is 5.69 Å². The molecule has 2 amide bonds. The van der Waals surface area contributed by atoms with E-state index in [9.17, 15) is 9.59 Å². The van der Waals surface area contributed by atoms with Gasteiger partial charge >= 0.3 is 0 Å². The molecule has 1 fully saturated rings. The maximum Gasteiger partial charge on any atom is 0.226 e. The summed E-state index contributed by atoms with van der Waals surface area (Å²) in [6.07, 6.45) is 2.95. The van der Waals surface area contributed by atoms with Crippen molar-refractivity contribution >= 4 is 41.5 Å². The summed E-state index contributed by atoms with van der Waals surface area (Å²) in [6.45, 7) is 4.51. The molecule has 1 aromatic rings. The van der Waals surface area contributed by atoms with Gasteiger partial charge in [0.15, 0.2) is 0 Å². The highest BCUT2D eigenvalue weighted by molar-refractivity contribution is 6.31. The fraction of sp³-hybridized carbons (Fsp3) is 0.579. The summed E-state index contributed by atoms with van der Waals surface area (Å²) in [7, 11) is 1.53. The van der Waals surface area contributed by atoms with Gasteiger partial charge in [0.25, 0.3) is 0 Å². The SMILES string of the molecule is COc1ccc(Cl)cc1NC(=O)CCNC(=O)CC(C)C1CCNCC1.Cl. The second kappa shape index (κ2) is 12.1. The van der Waals surface area contributed by atoms with Crippen LogP contribution in [0.5, 0.6) is 5.75 Å². The lowest BCUT2D eigenvalue weighted by Gasteiger charge is -2.27. The minimum atomic E-state index is -0.197. The lowest BCUT2D eigenvalue weighted by Crippen LogP contribution is -2.34. The first-order valence-electron chi connectivity index (χ1n) is 9.10. The molecule has 1 heterocycles. The van der Waals surface area contributed by atoms with Crippen LogP contribution in [0.1, 0.15) is 32.6 Å². The molecule has 0 saturated carbocycles. The Hall–Kier alpha value is -1.50. The van der Waals surface area contributed by atoms with Crippen molar-refractivity contribution in [1.82, 2.24) is 10.6 Å². The lowest BCUT2D eigenvalue weighted by atomic mass is 9.84. The summed E-state index contributed by atoms with van der Waals surface area (Å²) < 4.78 is 5.20. The molecule has 1 aliphatic rings. The number of anilines is 1. The van der Waals surface area contributed by atoms with Crippen molar-refractivity contribution in [3.8, 4) is 5.75 Å².